The van der Waals surface area contributed by atoms with Gasteiger partial charge in [-0.2, -0.15) is 5.10 Å². The van der Waals surface area contributed by atoms with Crippen LogP contribution in [0.2, 0.25) is 15.1 Å². The zero-order valence-corrected chi connectivity index (χ0v) is 12.8. The van der Waals surface area contributed by atoms with E-state index in [1.54, 1.807) is 36.4 Å². The number of halogens is 3. The maximum absolute atomic E-state index is 9.24. The van der Waals surface area contributed by atoms with Gasteiger partial charge in [0.15, 0.2) is 0 Å². The summed E-state index contributed by atoms with van der Waals surface area (Å²) in [5.41, 5.74) is 4.92. The number of aromatic hydroxyl groups is 1. The van der Waals surface area contributed by atoms with Crippen molar-refractivity contribution in [1.82, 2.24) is 0 Å². The highest BCUT2D eigenvalue weighted by molar-refractivity contribution is 6.41. The van der Waals surface area contributed by atoms with E-state index in [1.165, 1.54) is 0 Å². The molecule has 6 heteroatoms. The summed E-state index contributed by atoms with van der Waals surface area (Å²) >= 11 is 17.9. The maximum Gasteiger partial charge on any atom is 0.115 e. The number of hydrogen-bond donors (Lipinski definition) is 2. The number of hydrazone groups is 1. The van der Waals surface area contributed by atoms with Gasteiger partial charge in [0.25, 0.3) is 0 Å². The lowest BCUT2D eigenvalue weighted by Gasteiger charge is -2.08. The van der Waals surface area contributed by atoms with Crippen molar-refractivity contribution < 1.29 is 5.11 Å². The topological polar surface area (TPSA) is 44.6 Å². The fourth-order valence-electron chi connectivity index (χ4n) is 1.56. The Morgan fingerprint density at radius 3 is 2.15 bits per heavy atom. The Labute approximate surface area is 131 Å². The predicted octanol–water partition coefficient (Wildman–Crippen LogP) is 5.19. The van der Waals surface area contributed by atoms with E-state index in [4.69, 9.17) is 34.8 Å². The Kier molecular flexibility index (Phi) is 4.76. The van der Waals surface area contributed by atoms with Crippen LogP contribution in [0.4, 0.5) is 5.69 Å². The Balaban J connectivity index is 2.23. The molecule has 0 radical (unpaired) electrons. The molecular weight excluding hydrogens is 319 g/mol. The van der Waals surface area contributed by atoms with Crippen molar-refractivity contribution in [1.29, 1.82) is 0 Å². The van der Waals surface area contributed by atoms with E-state index in [0.29, 0.717) is 20.8 Å². The van der Waals surface area contributed by atoms with Gasteiger partial charge in [-0.3, -0.25) is 5.43 Å². The minimum atomic E-state index is 0.207. The van der Waals surface area contributed by atoms with Crippen LogP contribution < -0.4 is 5.43 Å². The molecule has 0 bridgehead atoms. The van der Waals surface area contributed by atoms with Crippen LogP contribution in [0.3, 0.4) is 0 Å². The minimum absolute atomic E-state index is 0.207. The van der Waals surface area contributed by atoms with E-state index in [1.807, 2.05) is 6.92 Å². The van der Waals surface area contributed by atoms with Gasteiger partial charge in [0, 0.05) is 5.02 Å². The summed E-state index contributed by atoms with van der Waals surface area (Å²) in [5, 5.41) is 14.7. The van der Waals surface area contributed by atoms with Crippen LogP contribution in [0.15, 0.2) is 41.5 Å². The highest BCUT2D eigenvalue weighted by Crippen LogP contribution is 2.33. The van der Waals surface area contributed by atoms with Gasteiger partial charge in [0.1, 0.15) is 5.75 Å². The molecule has 104 valence electrons. The molecular formula is C14H11Cl3N2O. The summed E-state index contributed by atoms with van der Waals surface area (Å²) in [4.78, 5) is 0. The number of rotatable bonds is 3. The monoisotopic (exact) mass is 328 g/mol. The van der Waals surface area contributed by atoms with Crippen molar-refractivity contribution in [2.24, 2.45) is 5.10 Å². The van der Waals surface area contributed by atoms with Gasteiger partial charge in [-0.15, -0.1) is 0 Å². The molecule has 2 rings (SSSR count). The van der Waals surface area contributed by atoms with Crippen LogP contribution in [-0.4, -0.2) is 10.8 Å². The van der Waals surface area contributed by atoms with Gasteiger partial charge in [0.2, 0.25) is 0 Å². The molecule has 2 aromatic rings. The lowest BCUT2D eigenvalue weighted by atomic mass is 10.1. The summed E-state index contributed by atoms with van der Waals surface area (Å²) in [5.74, 6) is 0.207. The predicted molar refractivity (Wildman–Crippen MR) is 85.4 cm³/mol. The van der Waals surface area contributed by atoms with Gasteiger partial charge >= 0.3 is 0 Å². The van der Waals surface area contributed by atoms with Crippen molar-refractivity contribution in [3.05, 3.63) is 57.0 Å². The molecule has 0 aliphatic heterocycles. The zero-order chi connectivity index (χ0) is 14.7. The summed E-state index contributed by atoms with van der Waals surface area (Å²) in [6.45, 7) is 1.83. The summed E-state index contributed by atoms with van der Waals surface area (Å²) < 4.78 is 0. The smallest absolute Gasteiger partial charge is 0.115 e. The first-order valence-electron chi connectivity index (χ1n) is 5.71. The van der Waals surface area contributed by atoms with Gasteiger partial charge in [-0.1, -0.05) is 34.8 Å². The number of hydrogen-bond acceptors (Lipinski definition) is 3. The molecule has 0 spiro atoms. The van der Waals surface area contributed by atoms with E-state index in [-0.39, 0.29) is 5.75 Å². The Morgan fingerprint density at radius 2 is 1.60 bits per heavy atom. The number of phenols is 1. The Hall–Kier alpha value is -1.42. The molecule has 0 heterocycles. The van der Waals surface area contributed by atoms with Crippen molar-refractivity contribution in [2.45, 2.75) is 6.92 Å². The molecule has 0 aromatic heterocycles. The van der Waals surface area contributed by atoms with Crippen LogP contribution in [-0.2, 0) is 0 Å². The first-order chi connectivity index (χ1) is 9.47. The average Bonchev–Trinajstić information content (AvgIpc) is 2.38. The molecule has 0 aliphatic carbocycles. The number of nitrogens with zero attached hydrogens (tertiary/aromatic N) is 1. The molecule has 0 fully saturated rings. The lowest BCUT2D eigenvalue weighted by Crippen LogP contribution is -2.00. The van der Waals surface area contributed by atoms with Gasteiger partial charge in [-0.05, 0) is 48.9 Å². The summed E-state index contributed by atoms with van der Waals surface area (Å²) in [7, 11) is 0. The van der Waals surface area contributed by atoms with Crippen LogP contribution in [0.1, 0.15) is 12.5 Å². The number of phenolic OH excluding ortho intramolecular Hbond substituents is 1. The van der Waals surface area contributed by atoms with E-state index >= 15 is 0 Å². The molecule has 2 aromatic carbocycles. The van der Waals surface area contributed by atoms with Crippen LogP contribution >= 0.6 is 34.8 Å². The maximum atomic E-state index is 9.24. The van der Waals surface area contributed by atoms with Crippen molar-refractivity contribution >= 4 is 46.2 Å². The highest BCUT2D eigenvalue weighted by atomic mass is 35.5. The molecule has 0 amide bonds. The second-order valence-electron chi connectivity index (χ2n) is 4.10. The zero-order valence-electron chi connectivity index (χ0n) is 10.5. The minimum Gasteiger partial charge on any atom is -0.508 e. The fraction of sp³-hybridized carbons (Fsp3) is 0.0714. The standard InChI is InChI=1S/C14H11Cl3N2O/c1-8(9-2-4-11(20)5-3-9)18-19-14-12(16)6-10(15)7-13(14)17/h2-7,19-20H,1H3/b18-8-. The van der Waals surface area contributed by atoms with E-state index < -0.39 is 0 Å². The van der Waals surface area contributed by atoms with Crippen molar-refractivity contribution in [3.8, 4) is 5.75 Å². The molecule has 0 atom stereocenters. The van der Waals surface area contributed by atoms with Gasteiger partial charge in [-0.25, -0.2) is 0 Å². The third-order valence-corrected chi connectivity index (χ3v) is 3.44. The number of anilines is 1. The SMILES string of the molecule is C/C(=N/Nc1c(Cl)cc(Cl)cc1Cl)c1ccc(O)cc1. The third kappa shape index (κ3) is 3.57. The Morgan fingerprint density at radius 1 is 1.05 bits per heavy atom. The van der Waals surface area contributed by atoms with Crippen molar-refractivity contribution in [2.75, 3.05) is 5.43 Å². The van der Waals surface area contributed by atoms with Crippen LogP contribution in [0.25, 0.3) is 0 Å². The second kappa shape index (κ2) is 6.35. The number of benzene rings is 2. The molecule has 0 unspecified atom stereocenters. The normalized spacial score (nSPS) is 11.5. The first-order valence-corrected chi connectivity index (χ1v) is 6.85. The van der Waals surface area contributed by atoms with Crippen LogP contribution in [0, 0.1) is 0 Å². The quantitative estimate of drug-likeness (QED) is 0.601. The van der Waals surface area contributed by atoms with E-state index in [9.17, 15) is 5.11 Å². The molecule has 0 aliphatic rings. The van der Waals surface area contributed by atoms with E-state index in [2.05, 4.69) is 10.5 Å². The molecule has 3 nitrogen and oxygen atoms in total. The highest BCUT2D eigenvalue weighted by Gasteiger charge is 2.07. The van der Waals surface area contributed by atoms with Crippen molar-refractivity contribution in [3.63, 3.8) is 0 Å². The number of nitrogens with one attached hydrogen (secondary N) is 1. The first kappa shape index (κ1) is 15.0. The van der Waals surface area contributed by atoms with Crippen LogP contribution in [0.5, 0.6) is 5.75 Å². The molecule has 0 saturated heterocycles. The largest absolute Gasteiger partial charge is 0.508 e. The fourth-order valence-corrected chi connectivity index (χ4v) is 2.46. The molecule has 2 N–H and O–H groups in total. The third-order valence-electron chi connectivity index (χ3n) is 2.63. The summed E-state index contributed by atoms with van der Waals surface area (Å²) in [6.07, 6.45) is 0. The van der Waals surface area contributed by atoms with E-state index in [0.717, 1.165) is 11.3 Å². The van der Waals surface area contributed by atoms with Gasteiger partial charge < -0.3 is 5.11 Å². The molecule has 20 heavy (non-hydrogen) atoms. The Bertz CT molecular complexity index is 631. The average molecular weight is 330 g/mol. The lowest BCUT2D eigenvalue weighted by molar-refractivity contribution is 0.475. The summed E-state index contributed by atoms with van der Waals surface area (Å²) in [6, 6.07) is 9.89. The molecule has 0 saturated carbocycles. The van der Waals surface area contributed by atoms with Gasteiger partial charge in [0.05, 0.1) is 21.4 Å². The second-order valence-corrected chi connectivity index (χ2v) is 5.35.